The van der Waals surface area contributed by atoms with Crippen LogP contribution < -0.4 is 19.8 Å². The van der Waals surface area contributed by atoms with Crippen molar-refractivity contribution in [2.24, 2.45) is 0 Å². The van der Waals surface area contributed by atoms with Crippen molar-refractivity contribution < 1.29 is 23.7 Å². The first-order chi connectivity index (χ1) is 13.5. The van der Waals surface area contributed by atoms with Gasteiger partial charge in [-0.2, -0.15) is 0 Å². The minimum atomic E-state index is -0.789. The number of fused-ring (bicyclic) bond motifs is 1. The van der Waals surface area contributed by atoms with Crippen LogP contribution in [0.3, 0.4) is 0 Å². The summed E-state index contributed by atoms with van der Waals surface area (Å²) >= 11 is 0. The molecular weight excluding hydrogens is 364 g/mol. The van der Waals surface area contributed by atoms with Gasteiger partial charge in [0.05, 0.1) is 32.2 Å². The molecule has 0 amide bonds. The number of aromatic amines is 1. The van der Waals surface area contributed by atoms with Crippen LogP contribution in [0.25, 0.3) is 10.9 Å². The minimum absolute atomic E-state index is 0.162. The quantitative estimate of drug-likeness (QED) is 0.652. The Labute approximate surface area is 161 Å². The summed E-state index contributed by atoms with van der Waals surface area (Å²) in [5.41, 5.74) is 0.384. The molecular formula is C20H20N2O6. The lowest BCUT2D eigenvalue weighted by atomic mass is 10.1. The number of methoxy groups -OCH3 is 3. The molecule has 3 aromatic rings. The molecule has 0 aliphatic heterocycles. The normalized spacial score (nSPS) is 11.7. The Hall–Kier alpha value is -3.55. The van der Waals surface area contributed by atoms with Gasteiger partial charge < -0.3 is 23.9 Å². The summed E-state index contributed by atoms with van der Waals surface area (Å²) in [5, 5.41) is 0.464. The number of nitrogens with one attached hydrogen (secondary N) is 1. The molecule has 2 aromatic carbocycles. The van der Waals surface area contributed by atoms with E-state index in [1.54, 1.807) is 31.2 Å². The van der Waals surface area contributed by atoms with Crippen molar-refractivity contribution in [1.29, 1.82) is 0 Å². The van der Waals surface area contributed by atoms with Crippen LogP contribution in [0.2, 0.25) is 0 Å². The highest BCUT2D eigenvalue weighted by atomic mass is 16.5. The second-order valence-corrected chi connectivity index (χ2v) is 5.92. The Balaban J connectivity index is 1.92. The molecule has 0 saturated heterocycles. The number of hydrogen-bond acceptors (Lipinski definition) is 7. The molecule has 8 nitrogen and oxygen atoms in total. The average Bonchev–Trinajstić information content (AvgIpc) is 2.72. The van der Waals surface area contributed by atoms with Crippen LogP contribution in [0.4, 0.5) is 0 Å². The number of nitrogens with zero attached hydrogens (tertiary/aromatic N) is 1. The zero-order valence-electron chi connectivity index (χ0n) is 15.9. The highest BCUT2D eigenvalue weighted by Crippen LogP contribution is 2.35. The predicted octanol–water partition coefficient (Wildman–Crippen LogP) is 2.87. The van der Waals surface area contributed by atoms with Gasteiger partial charge in [-0.1, -0.05) is 12.1 Å². The summed E-state index contributed by atoms with van der Waals surface area (Å²) in [5.74, 6) is 0.650. The Kier molecular flexibility index (Phi) is 5.49. The number of ether oxygens (including phenoxy) is 4. The van der Waals surface area contributed by atoms with Gasteiger partial charge in [0, 0.05) is 12.1 Å². The number of benzene rings is 2. The van der Waals surface area contributed by atoms with Crippen LogP contribution in [0.15, 0.2) is 41.2 Å². The average molecular weight is 384 g/mol. The molecule has 28 heavy (non-hydrogen) atoms. The van der Waals surface area contributed by atoms with E-state index in [9.17, 15) is 9.59 Å². The van der Waals surface area contributed by atoms with E-state index < -0.39 is 12.1 Å². The first-order valence-electron chi connectivity index (χ1n) is 8.48. The Bertz CT molecular complexity index is 1080. The van der Waals surface area contributed by atoms with E-state index in [1.165, 1.54) is 33.5 Å². The maximum Gasteiger partial charge on any atom is 0.342 e. The molecule has 3 rings (SSSR count). The third kappa shape index (κ3) is 3.62. The standard InChI is InChI=1S/C20H20N2O6/c1-11(18-21-14-8-6-5-7-12(14)19(23)22-18)28-20(24)13-9-16(26-3)17(27-4)10-15(13)25-2/h5-11H,1-4H3,(H,21,22,23). The van der Waals surface area contributed by atoms with Crippen molar-refractivity contribution in [3.63, 3.8) is 0 Å². The molecule has 1 N–H and O–H groups in total. The monoisotopic (exact) mass is 384 g/mol. The van der Waals surface area contributed by atoms with Crippen LogP contribution in [-0.4, -0.2) is 37.3 Å². The van der Waals surface area contributed by atoms with E-state index in [4.69, 9.17) is 18.9 Å². The maximum absolute atomic E-state index is 12.7. The maximum atomic E-state index is 12.7. The number of esters is 1. The Morgan fingerprint density at radius 3 is 2.32 bits per heavy atom. The Morgan fingerprint density at radius 1 is 1.00 bits per heavy atom. The molecule has 1 aromatic heterocycles. The van der Waals surface area contributed by atoms with Gasteiger partial charge in [0.25, 0.3) is 5.56 Å². The number of rotatable bonds is 6. The van der Waals surface area contributed by atoms with Gasteiger partial charge in [0.2, 0.25) is 0 Å². The zero-order valence-corrected chi connectivity index (χ0v) is 15.9. The molecule has 1 atom stereocenters. The number of aromatic nitrogens is 2. The van der Waals surface area contributed by atoms with Crippen LogP contribution in [0, 0.1) is 0 Å². The lowest BCUT2D eigenvalue weighted by Gasteiger charge is -2.16. The second-order valence-electron chi connectivity index (χ2n) is 5.92. The molecule has 0 radical (unpaired) electrons. The molecule has 0 spiro atoms. The number of carbonyl (C=O) groups excluding carboxylic acids is 1. The van der Waals surface area contributed by atoms with Crippen molar-refractivity contribution in [2.45, 2.75) is 13.0 Å². The van der Waals surface area contributed by atoms with Gasteiger partial charge >= 0.3 is 5.97 Å². The van der Waals surface area contributed by atoms with E-state index in [-0.39, 0.29) is 22.7 Å². The SMILES string of the molecule is COc1cc(OC)c(C(=O)OC(C)c2nc3ccccc3c(=O)[nH]2)cc1OC. The van der Waals surface area contributed by atoms with Crippen molar-refractivity contribution >= 4 is 16.9 Å². The molecule has 8 heteroatoms. The summed E-state index contributed by atoms with van der Waals surface area (Å²) < 4.78 is 21.2. The smallest absolute Gasteiger partial charge is 0.342 e. The second kappa shape index (κ2) is 7.99. The fourth-order valence-corrected chi connectivity index (χ4v) is 2.77. The van der Waals surface area contributed by atoms with E-state index in [2.05, 4.69) is 9.97 Å². The lowest BCUT2D eigenvalue weighted by Crippen LogP contribution is -2.18. The number of hydrogen-bond donors (Lipinski definition) is 1. The van der Waals surface area contributed by atoms with E-state index in [0.29, 0.717) is 22.4 Å². The first-order valence-corrected chi connectivity index (χ1v) is 8.48. The molecule has 0 aliphatic rings. The molecule has 0 aliphatic carbocycles. The van der Waals surface area contributed by atoms with Crippen molar-refractivity contribution in [3.05, 3.63) is 58.1 Å². The fraction of sp³-hybridized carbons (Fsp3) is 0.250. The summed E-state index contributed by atoms with van der Waals surface area (Å²) in [7, 11) is 4.38. The van der Waals surface area contributed by atoms with Gasteiger partial charge in [-0.05, 0) is 19.1 Å². The third-order valence-electron chi connectivity index (χ3n) is 4.23. The van der Waals surface area contributed by atoms with Crippen molar-refractivity contribution in [1.82, 2.24) is 9.97 Å². The molecule has 0 bridgehead atoms. The van der Waals surface area contributed by atoms with Crippen LogP contribution in [0.5, 0.6) is 17.2 Å². The zero-order chi connectivity index (χ0) is 20.3. The van der Waals surface area contributed by atoms with E-state index in [1.807, 2.05) is 0 Å². The van der Waals surface area contributed by atoms with Crippen molar-refractivity contribution in [3.8, 4) is 17.2 Å². The summed E-state index contributed by atoms with van der Waals surface area (Å²) in [6, 6.07) is 9.95. The lowest BCUT2D eigenvalue weighted by molar-refractivity contribution is 0.0316. The van der Waals surface area contributed by atoms with Crippen molar-refractivity contribution in [2.75, 3.05) is 21.3 Å². The van der Waals surface area contributed by atoms with Gasteiger partial charge in [-0.25, -0.2) is 9.78 Å². The van der Waals surface area contributed by atoms with Crippen LogP contribution in [0.1, 0.15) is 29.2 Å². The Morgan fingerprint density at radius 2 is 1.64 bits per heavy atom. The van der Waals surface area contributed by atoms with Gasteiger partial charge in [0.15, 0.2) is 23.4 Å². The topological polar surface area (TPSA) is 99.7 Å². The van der Waals surface area contributed by atoms with Crippen LogP contribution in [-0.2, 0) is 4.74 Å². The number of H-pyrrole nitrogens is 1. The molecule has 1 heterocycles. The summed E-state index contributed by atoms with van der Waals surface area (Å²) in [4.78, 5) is 32.0. The molecule has 1 unspecified atom stereocenters. The third-order valence-corrected chi connectivity index (χ3v) is 4.23. The summed E-state index contributed by atoms with van der Waals surface area (Å²) in [6.45, 7) is 1.62. The summed E-state index contributed by atoms with van der Waals surface area (Å²) in [6.07, 6.45) is -0.789. The van der Waals surface area contributed by atoms with Gasteiger partial charge in [-0.3, -0.25) is 4.79 Å². The van der Waals surface area contributed by atoms with Gasteiger partial charge in [-0.15, -0.1) is 0 Å². The molecule has 0 saturated carbocycles. The van der Waals surface area contributed by atoms with E-state index >= 15 is 0 Å². The van der Waals surface area contributed by atoms with Gasteiger partial charge in [0.1, 0.15) is 11.3 Å². The number of para-hydroxylation sites is 1. The molecule has 0 fully saturated rings. The highest BCUT2D eigenvalue weighted by molar-refractivity contribution is 5.93. The fourth-order valence-electron chi connectivity index (χ4n) is 2.77. The molecule has 146 valence electrons. The van der Waals surface area contributed by atoms with E-state index in [0.717, 1.165) is 0 Å². The first kappa shape index (κ1) is 19.2. The van der Waals surface area contributed by atoms with Crippen LogP contribution >= 0.6 is 0 Å². The highest BCUT2D eigenvalue weighted by Gasteiger charge is 2.22. The largest absolute Gasteiger partial charge is 0.496 e. The number of carbonyl (C=O) groups is 1. The predicted molar refractivity (Wildman–Crippen MR) is 102 cm³/mol. The minimum Gasteiger partial charge on any atom is -0.496 e.